The zero-order chi connectivity index (χ0) is 13.1. The van der Waals surface area contributed by atoms with Crippen molar-refractivity contribution in [2.24, 2.45) is 0 Å². The lowest BCUT2D eigenvalue weighted by atomic mass is 10.1. The Morgan fingerprint density at radius 1 is 1.33 bits per heavy atom. The Hall–Kier alpha value is -1.06. The van der Waals surface area contributed by atoms with Gasteiger partial charge in [0, 0.05) is 30.9 Å². The molecule has 18 heavy (non-hydrogen) atoms. The predicted molar refractivity (Wildman–Crippen MR) is 76.1 cm³/mol. The maximum atomic E-state index is 9.54. The number of nitrogens with zero attached hydrogens (tertiary/aromatic N) is 2. The summed E-state index contributed by atoms with van der Waals surface area (Å²) >= 11 is 0. The number of hydrogen-bond donors (Lipinski definition) is 1. The maximum absolute atomic E-state index is 9.54. The summed E-state index contributed by atoms with van der Waals surface area (Å²) in [5.41, 5.74) is 2.62. The van der Waals surface area contributed by atoms with E-state index in [1.165, 1.54) is 11.3 Å². The highest BCUT2D eigenvalue weighted by molar-refractivity contribution is 5.54. The molecule has 0 aliphatic carbocycles. The molecule has 2 atom stereocenters. The van der Waals surface area contributed by atoms with Crippen LogP contribution in [0, 0.1) is 6.92 Å². The van der Waals surface area contributed by atoms with Gasteiger partial charge in [0.2, 0.25) is 0 Å². The molecule has 1 aliphatic rings. The number of benzene rings is 1. The third-order valence-corrected chi connectivity index (χ3v) is 4.10. The summed E-state index contributed by atoms with van der Waals surface area (Å²) < 4.78 is 0. The van der Waals surface area contributed by atoms with Crippen molar-refractivity contribution in [3.05, 3.63) is 29.8 Å². The lowest BCUT2D eigenvalue weighted by molar-refractivity contribution is 0.159. The van der Waals surface area contributed by atoms with Gasteiger partial charge in [0.1, 0.15) is 0 Å². The van der Waals surface area contributed by atoms with E-state index < -0.39 is 0 Å². The van der Waals surface area contributed by atoms with Gasteiger partial charge in [-0.05, 0) is 38.9 Å². The lowest BCUT2D eigenvalue weighted by Crippen LogP contribution is -2.43. The zero-order valence-electron chi connectivity index (χ0n) is 11.6. The first-order valence-corrected chi connectivity index (χ1v) is 6.77. The molecule has 0 spiro atoms. The highest BCUT2D eigenvalue weighted by Crippen LogP contribution is 2.25. The van der Waals surface area contributed by atoms with Gasteiger partial charge in [-0.3, -0.25) is 4.90 Å². The van der Waals surface area contributed by atoms with Gasteiger partial charge < -0.3 is 10.0 Å². The second kappa shape index (κ2) is 5.72. The number of hydrogen-bond acceptors (Lipinski definition) is 3. The SMILES string of the molecule is Cc1ccccc1N1CC(CO)N(C)CCC1C. The summed E-state index contributed by atoms with van der Waals surface area (Å²) in [5, 5.41) is 9.54. The average Bonchev–Trinajstić information content (AvgIpc) is 2.51. The van der Waals surface area contributed by atoms with Crippen LogP contribution in [0.2, 0.25) is 0 Å². The van der Waals surface area contributed by atoms with Crippen molar-refractivity contribution in [1.82, 2.24) is 4.90 Å². The van der Waals surface area contributed by atoms with Crippen LogP contribution in [-0.2, 0) is 0 Å². The Morgan fingerprint density at radius 2 is 2.06 bits per heavy atom. The molecule has 0 aromatic heterocycles. The normalized spacial score (nSPS) is 26.1. The molecule has 1 aliphatic heterocycles. The van der Waals surface area contributed by atoms with Crippen molar-refractivity contribution in [3.8, 4) is 0 Å². The minimum absolute atomic E-state index is 0.228. The third-order valence-electron chi connectivity index (χ3n) is 4.10. The van der Waals surface area contributed by atoms with Gasteiger partial charge in [-0.15, -0.1) is 0 Å². The second-order valence-electron chi connectivity index (χ2n) is 5.39. The third kappa shape index (κ3) is 2.68. The van der Waals surface area contributed by atoms with Gasteiger partial charge in [0.15, 0.2) is 0 Å². The van der Waals surface area contributed by atoms with Crippen molar-refractivity contribution < 1.29 is 5.11 Å². The fourth-order valence-corrected chi connectivity index (χ4v) is 2.69. The van der Waals surface area contributed by atoms with E-state index >= 15 is 0 Å². The van der Waals surface area contributed by atoms with Crippen LogP contribution >= 0.6 is 0 Å². The highest BCUT2D eigenvalue weighted by atomic mass is 16.3. The Morgan fingerprint density at radius 3 is 2.72 bits per heavy atom. The summed E-state index contributed by atoms with van der Waals surface area (Å²) in [6, 6.07) is 9.27. The van der Waals surface area contributed by atoms with Crippen LogP contribution in [-0.4, -0.2) is 48.8 Å². The number of para-hydroxylation sites is 1. The molecule has 0 amide bonds. The van der Waals surface area contributed by atoms with Gasteiger partial charge in [0.05, 0.1) is 6.61 Å². The molecule has 1 aromatic carbocycles. The molecule has 3 nitrogen and oxygen atoms in total. The standard InChI is InChI=1S/C15H24N2O/c1-12-6-4-5-7-15(12)17-10-14(11-18)16(3)9-8-13(17)2/h4-7,13-14,18H,8-11H2,1-3H3. The van der Waals surface area contributed by atoms with Crippen LogP contribution in [0.5, 0.6) is 0 Å². The van der Waals surface area contributed by atoms with E-state index in [-0.39, 0.29) is 12.6 Å². The summed E-state index contributed by atoms with van der Waals surface area (Å²) in [6.45, 7) is 6.62. The fourth-order valence-electron chi connectivity index (χ4n) is 2.69. The van der Waals surface area contributed by atoms with Crippen molar-refractivity contribution in [3.63, 3.8) is 0 Å². The van der Waals surface area contributed by atoms with E-state index in [1.54, 1.807) is 0 Å². The number of rotatable bonds is 2. The first kappa shape index (κ1) is 13.4. The molecule has 1 saturated heterocycles. The van der Waals surface area contributed by atoms with E-state index in [0.717, 1.165) is 19.5 Å². The van der Waals surface area contributed by atoms with Gasteiger partial charge in [-0.2, -0.15) is 0 Å². The number of anilines is 1. The van der Waals surface area contributed by atoms with Crippen LogP contribution in [0.1, 0.15) is 18.9 Å². The molecular formula is C15H24N2O. The Kier molecular flexibility index (Phi) is 4.25. The predicted octanol–water partition coefficient (Wildman–Crippen LogP) is 1.89. The minimum Gasteiger partial charge on any atom is -0.395 e. The number of aliphatic hydroxyl groups excluding tert-OH is 1. The molecule has 1 aromatic rings. The summed E-state index contributed by atoms with van der Waals surface area (Å²) in [7, 11) is 2.11. The molecule has 100 valence electrons. The molecule has 0 saturated carbocycles. The fraction of sp³-hybridized carbons (Fsp3) is 0.600. The van der Waals surface area contributed by atoms with E-state index in [4.69, 9.17) is 0 Å². The summed E-state index contributed by atoms with van der Waals surface area (Å²) in [5.74, 6) is 0. The van der Waals surface area contributed by atoms with Crippen LogP contribution in [0.4, 0.5) is 5.69 Å². The Balaban J connectivity index is 2.27. The second-order valence-corrected chi connectivity index (χ2v) is 5.39. The van der Waals surface area contributed by atoms with Gasteiger partial charge in [-0.25, -0.2) is 0 Å². The van der Waals surface area contributed by atoms with Crippen LogP contribution in [0.25, 0.3) is 0 Å². The number of aryl methyl sites for hydroxylation is 1. The molecule has 1 fully saturated rings. The Bertz CT molecular complexity index is 394. The maximum Gasteiger partial charge on any atom is 0.0604 e. The molecule has 1 N–H and O–H groups in total. The molecule has 2 rings (SSSR count). The van der Waals surface area contributed by atoms with Crippen LogP contribution in [0.15, 0.2) is 24.3 Å². The van der Waals surface area contributed by atoms with Crippen molar-refractivity contribution in [2.45, 2.75) is 32.4 Å². The summed E-state index contributed by atoms with van der Waals surface area (Å²) in [4.78, 5) is 4.72. The van der Waals surface area contributed by atoms with E-state index in [2.05, 4.69) is 55.0 Å². The zero-order valence-corrected chi connectivity index (χ0v) is 11.6. The topological polar surface area (TPSA) is 26.7 Å². The molecule has 0 radical (unpaired) electrons. The smallest absolute Gasteiger partial charge is 0.0604 e. The van der Waals surface area contributed by atoms with Crippen LogP contribution < -0.4 is 4.90 Å². The van der Waals surface area contributed by atoms with Crippen molar-refractivity contribution in [1.29, 1.82) is 0 Å². The first-order chi connectivity index (χ1) is 8.63. The number of likely N-dealkylation sites (N-methyl/N-ethyl adjacent to an activating group) is 1. The van der Waals surface area contributed by atoms with E-state index in [1.807, 2.05) is 0 Å². The van der Waals surface area contributed by atoms with E-state index in [9.17, 15) is 5.11 Å². The van der Waals surface area contributed by atoms with Gasteiger partial charge >= 0.3 is 0 Å². The molecule has 1 heterocycles. The Labute approximate surface area is 110 Å². The quantitative estimate of drug-likeness (QED) is 0.866. The number of aliphatic hydroxyl groups is 1. The van der Waals surface area contributed by atoms with E-state index in [0.29, 0.717) is 6.04 Å². The average molecular weight is 248 g/mol. The summed E-state index contributed by atoms with van der Waals surface area (Å²) in [6.07, 6.45) is 1.14. The van der Waals surface area contributed by atoms with Crippen molar-refractivity contribution >= 4 is 5.69 Å². The molecular weight excluding hydrogens is 224 g/mol. The monoisotopic (exact) mass is 248 g/mol. The first-order valence-electron chi connectivity index (χ1n) is 6.77. The van der Waals surface area contributed by atoms with Crippen LogP contribution in [0.3, 0.4) is 0 Å². The largest absolute Gasteiger partial charge is 0.395 e. The lowest BCUT2D eigenvalue weighted by Gasteiger charge is -2.33. The van der Waals surface area contributed by atoms with Gasteiger partial charge in [-0.1, -0.05) is 18.2 Å². The highest BCUT2D eigenvalue weighted by Gasteiger charge is 2.26. The van der Waals surface area contributed by atoms with Crippen molar-refractivity contribution in [2.75, 3.05) is 31.6 Å². The molecule has 3 heteroatoms. The minimum atomic E-state index is 0.228. The van der Waals surface area contributed by atoms with Gasteiger partial charge in [0.25, 0.3) is 0 Å². The molecule has 0 bridgehead atoms. The molecule has 2 unspecified atom stereocenters.